The minimum atomic E-state index is -0.569. The number of nitrogens with two attached hydrogens (primary N) is 1. The topological polar surface area (TPSA) is 64.3 Å². The summed E-state index contributed by atoms with van der Waals surface area (Å²) in [6.45, 7) is 4.73. The third-order valence-electron chi connectivity index (χ3n) is 2.78. The number of halogens is 1. The Kier molecular flexibility index (Phi) is 6.67. The Balaban J connectivity index is 2.63. The predicted octanol–water partition coefficient (Wildman–Crippen LogP) is 2.48. The smallest absolute Gasteiger partial charge is 0.260 e. The minimum absolute atomic E-state index is 0.128. The van der Waals surface area contributed by atoms with Gasteiger partial charge in [0.1, 0.15) is 5.75 Å². The monoisotopic (exact) mass is 284 g/mol. The van der Waals surface area contributed by atoms with Gasteiger partial charge in [-0.3, -0.25) is 4.79 Å². The summed E-state index contributed by atoms with van der Waals surface area (Å²) in [6.07, 6.45) is 1.44. The highest BCUT2D eigenvalue weighted by atomic mass is 35.5. The molecule has 1 aromatic carbocycles. The fourth-order valence-corrected chi connectivity index (χ4v) is 1.87. The quantitative estimate of drug-likeness (QED) is 0.756. The van der Waals surface area contributed by atoms with Crippen LogP contribution in [0.5, 0.6) is 5.75 Å². The van der Waals surface area contributed by atoms with E-state index in [0.29, 0.717) is 17.3 Å². The molecule has 4 nitrogen and oxygen atoms in total. The van der Waals surface area contributed by atoms with Crippen molar-refractivity contribution in [3.8, 4) is 5.75 Å². The van der Waals surface area contributed by atoms with Crippen molar-refractivity contribution in [3.05, 3.63) is 28.8 Å². The summed E-state index contributed by atoms with van der Waals surface area (Å²) in [6, 6.07) is 5.30. The highest BCUT2D eigenvalue weighted by Gasteiger charge is 2.16. The molecule has 1 aromatic rings. The van der Waals surface area contributed by atoms with Gasteiger partial charge in [0.2, 0.25) is 0 Å². The number of rotatable bonds is 7. The van der Waals surface area contributed by atoms with Gasteiger partial charge in [-0.25, -0.2) is 0 Å². The van der Waals surface area contributed by atoms with Crippen molar-refractivity contribution in [1.82, 2.24) is 5.32 Å². The summed E-state index contributed by atoms with van der Waals surface area (Å²) < 4.78 is 5.63. The summed E-state index contributed by atoms with van der Waals surface area (Å²) >= 11 is 6.03. The van der Waals surface area contributed by atoms with Crippen LogP contribution in [0.3, 0.4) is 0 Å². The van der Waals surface area contributed by atoms with Gasteiger partial charge in [-0.05, 0) is 25.5 Å². The van der Waals surface area contributed by atoms with Crippen molar-refractivity contribution >= 4 is 17.5 Å². The number of carbonyl (C=O) groups is 1. The molecule has 0 radical (unpaired) electrons. The second-order valence-corrected chi connectivity index (χ2v) is 4.73. The molecule has 0 saturated carbocycles. The van der Waals surface area contributed by atoms with Gasteiger partial charge >= 0.3 is 0 Å². The largest absolute Gasteiger partial charge is 0.481 e. The number of nitrogens with one attached hydrogen (secondary N) is 1. The molecule has 5 heteroatoms. The summed E-state index contributed by atoms with van der Waals surface area (Å²) in [5.41, 5.74) is 6.36. The molecule has 0 heterocycles. The molecule has 0 spiro atoms. The zero-order valence-electron chi connectivity index (χ0n) is 11.4. The van der Waals surface area contributed by atoms with E-state index in [2.05, 4.69) is 12.2 Å². The van der Waals surface area contributed by atoms with Crippen molar-refractivity contribution < 1.29 is 9.53 Å². The molecular weight excluding hydrogens is 264 g/mol. The van der Waals surface area contributed by atoms with E-state index in [1.54, 1.807) is 25.1 Å². The van der Waals surface area contributed by atoms with E-state index >= 15 is 0 Å². The maximum absolute atomic E-state index is 11.8. The number of carbonyl (C=O) groups excluding carboxylic acids is 1. The lowest BCUT2D eigenvalue weighted by Gasteiger charge is -2.17. The minimum Gasteiger partial charge on any atom is -0.481 e. The zero-order chi connectivity index (χ0) is 14.3. The van der Waals surface area contributed by atoms with Gasteiger partial charge in [-0.1, -0.05) is 31.0 Å². The Labute approximate surface area is 119 Å². The van der Waals surface area contributed by atoms with Gasteiger partial charge in [-0.2, -0.15) is 0 Å². The van der Waals surface area contributed by atoms with E-state index in [4.69, 9.17) is 22.1 Å². The summed E-state index contributed by atoms with van der Waals surface area (Å²) in [7, 11) is 0. The first-order valence-electron chi connectivity index (χ1n) is 6.52. The van der Waals surface area contributed by atoms with Crippen molar-refractivity contribution in [2.24, 2.45) is 5.73 Å². The van der Waals surface area contributed by atoms with Crippen molar-refractivity contribution in [3.63, 3.8) is 0 Å². The van der Waals surface area contributed by atoms with Crippen molar-refractivity contribution in [1.29, 1.82) is 0 Å². The van der Waals surface area contributed by atoms with Crippen LogP contribution in [0.25, 0.3) is 0 Å². The lowest BCUT2D eigenvalue weighted by Crippen LogP contribution is -2.37. The van der Waals surface area contributed by atoms with Crippen LogP contribution in [0.2, 0.25) is 5.02 Å². The van der Waals surface area contributed by atoms with Crippen LogP contribution in [0.4, 0.5) is 0 Å². The number of ether oxygens (including phenoxy) is 1. The molecule has 1 amide bonds. The van der Waals surface area contributed by atoms with Crippen LogP contribution in [0.15, 0.2) is 18.2 Å². The van der Waals surface area contributed by atoms with Gasteiger partial charge in [0.25, 0.3) is 5.91 Å². The number of benzene rings is 1. The number of hydrogen-bond acceptors (Lipinski definition) is 3. The predicted molar refractivity (Wildman–Crippen MR) is 77.4 cm³/mol. The Morgan fingerprint density at radius 3 is 2.89 bits per heavy atom. The summed E-state index contributed by atoms with van der Waals surface area (Å²) in [5, 5.41) is 3.38. The van der Waals surface area contributed by atoms with Gasteiger partial charge in [-0.15, -0.1) is 0 Å². The molecule has 0 aromatic heterocycles. The fraction of sp³-hybridized carbons (Fsp3) is 0.500. The molecule has 106 valence electrons. The average molecular weight is 285 g/mol. The van der Waals surface area contributed by atoms with Crippen molar-refractivity contribution in [2.75, 3.05) is 6.54 Å². The molecule has 3 N–H and O–H groups in total. The van der Waals surface area contributed by atoms with Crippen LogP contribution in [0.1, 0.15) is 32.3 Å². The van der Waals surface area contributed by atoms with Crippen LogP contribution in [-0.2, 0) is 11.3 Å². The van der Waals surface area contributed by atoms with Crippen LogP contribution in [0, 0.1) is 0 Å². The third kappa shape index (κ3) is 4.73. The summed E-state index contributed by atoms with van der Waals surface area (Å²) in [5.74, 6) is 0.435. The molecule has 1 atom stereocenters. The number of amides is 1. The second kappa shape index (κ2) is 8.02. The third-order valence-corrected chi connectivity index (χ3v) is 3.14. The zero-order valence-corrected chi connectivity index (χ0v) is 12.2. The summed E-state index contributed by atoms with van der Waals surface area (Å²) in [4.78, 5) is 11.8. The Hall–Kier alpha value is -1.26. The lowest BCUT2D eigenvalue weighted by atomic mass is 10.2. The first kappa shape index (κ1) is 15.8. The maximum atomic E-state index is 11.8. The normalized spacial score (nSPS) is 12.0. The van der Waals surface area contributed by atoms with E-state index in [1.807, 2.05) is 0 Å². The molecule has 19 heavy (non-hydrogen) atoms. The van der Waals surface area contributed by atoms with E-state index < -0.39 is 6.10 Å². The second-order valence-electron chi connectivity index (χ2n) is 4.33. The van der Waals surface area contributed by atoms with Gasteiger partial charge in [0.05, 0.1) is 0 Å². The molecule has 0 fully saturated rings. The molecule has 1 rings (SSSR count). The molecule has 0 aliphatic heterocycles. The van der Waals surface area contributed by atoms with E-state index in [9.17, 15) is 4.79 Å². The van der Waals surface area contributed by atoms with Crippen molar-refractivity contribution in [2.45, 2.75) is 39.3 Å². The Morgan fingerprint density at radius 1 is 1.53 bits per heavy atom. The van der Waals surface area contributed by atoms with E-state index in [1.165, 1.54) is 0 Å². The molecule has 0 saturated heterocycles. The van der Waals surface area contributed by atoms with Crippen LogP contribution in [-0.4, -0.2) is 18.6 Å². The lowest BCUT2D eigenvalue weighted by molar-refractivity contribution is -0.127. The van der Waals surface area contributed by atoms with Gasteiger partial charge in [0.15, 0.2) is 6.10 Å². The standard InChI is InChI=1S/C14H21ClN2O2/c1-3-4-8-17-14(18)10(2)19-13-7-5-6-12(15)11(13)9-16/h5-7,10H,3-4,8-9,16H2,1-2H3,(H,17,18). The van der Waals surface area contributed by atoms with E-state index in [0.717, 1.165) is 18.4 Å². The maximum Gasteiger partial charge on any atom is 0.260 e. The first-order chi connectivity index (χ1) is 9.10. The SMILES string of the molecule is CCCCNC(=O)C(C)Oc1cccc(Cl)c1CN. The van der Waals surface area contributed by atoms with Crippen LogP contribution >= 0.6 is 11.6 Å². The molecular formula is C14H21ClN2O2. The molecule has 0 aliphatic rings. The Bertz CT molecular complexity index is 424. The van der Waals surface area contributed by atoms with Crippen LogP contribution < -0.4 is 15.8 Å². The Morgan fingerprint density at radius 2 is 2.26 bits per heavy atom. The van der Waals surface area contributed by atoms with E-state index in [-0.39, 0.29) is 12.5 Å². The first-order valence-corrected chi connectivity index (χ1v) is 6.89. The number of unbranched alkanes of at least 4 members (excludes halogenated alkanes) is 1. The fourth-order valence-electron chi connectivity index (χ4n) is 1.62. The molecule has 0 aliphatic carbocycles. The van der Waals surface area contributed by atoms with Gasteiger partial charge in [0, 0.05) is 23.7 Å². The highest BCUT2D eigenvalue weighted by molar-refractivity contribution is 6.31. The average Bonchev–Trinajstić information content (AvgIpc) is 2.39. The molecule has 1 unspecified atom stereocenters. The highest BCUT2D eigenvalue weighted by Crippen LogP contribution is 2.26. The van der Waals surface area contributed by atoms with Gasteiger partial charge < -0.3 is 15.8 Å². The number of hydrogen-bond donors (Lipinski definition) is 2. The molecule has 0 bridgehead atoms.